The Labute approximate surface area is 91.3 Å². The molecule has 0 spiro atoms. The minimum absolute atomic E-state index is 0.613. The maximum atomic E-state index is 4.47. The summed E-state index contributed by atoms with van der Waals surface area (Å²) < 4.78 is 0. The molecule has 1 saturated carbocycles. The first-order chi connectivity index (χ1) is 7.40. The van der Waals surface area contributed by atoms with E-state index in [0.717, 1.165) is 17.9 Å². The quantitative estimate of drug-likeness (QED) is 0.822. The highest BCUT2D eigenvalue weighted by atomic mass is 14.9. The first kappa shape index (κ1) is 10.6. The van der Waals surface area contributed by atoms with Gasteiger partial charge < -0.3 is 5.32 Å². The van der Waals surface area contributed by atoms with Gasteiger partial charge in [-0.3, -0.25) is 0 Å². The average Bonchev–Trinajstić information content (AvgIpc) is 2.32. The molecular weight excluding hydrogens is 186 g/mol. The number of hydrogen-bond donors (Lipinski definition) is 1. The lowest BCUT2D eigenvalue weighted by atomic mass is 9.89. The highest BCUT2D eigenvalue weighted by Crippen LogP contribution is 2.30. The Morgan fingerprint density at radius 2 is 1.87 bits per heavy atom. The summed E-state index contributed by atoms with van der Waals surface area (Å²) in [5.74, 6) is 1.66. The highest BCUT2D eigenvalue weighted by Gasteiger charge is 2.17. The monoisotopic (exact) mass is 205 g/mol. The van der Waals surface area contributed by atoms with Crippen LogP contribution in [0.5, 0.6) is 0 Å². The summed E-state index contributed by atoms with van der Waals surface area (Å²) in [5, 5.41) is 3.10. The molecule has 0 aliphatic heterocycles. The maximum absolute atomic E-state index is 4.47. The summed E-state index contributed by atoms with van der Waals surface area (Å²) in [6, 6.07) is 0. The van der Waals surface area contributed by atoms with Gasteiger partial charge in [0.2, 0.25) is 0 Å². The highest BCUT2D eigenvalue weighted by molar-refractivity contribution is 5.07. The second-order valence-corrected chi connectivity index (χ2v) is 4.31. The van der Waals surface area contributed by atoms with E-state index in [1.54, 1.807) is 0 Å². The summed E-state index contributed by atoms with van der Waals surface area (Å²) in [6.07, 6.45) is 10.5. The first-order valence-electron chi connectivity index (χ1n) is 5.85. The molecule has 1 N–H and O–H groups in total. The molecule has 0 unspecified atom stereocenters. The van der Waals surface area contributed by atoms with Gasteiger partial charge in [0.25, 0.3) is 0 Å². The second-order valence-electron chi connectivity index (χ2n) is 4.31. The molecule has 82 valence electrons. The third-order valence-electron chi connectivity index (χ3n) is 3.08. The number of rotatable bonds is 3. The van der Waals surface area contributed by atoms with E-state index in [-0.39, 0.29) is 0 Å². The third kappa shape index (κ3) is 2.75. The van der Waals surface area contributed by atoms with Gasteiger partial charge in [0.1, 0.15) is 5.82 Å². The number of nitrogens with one attached hydrogen (secondary N) is 1. The summed E-state index contributed by atoms with van der Waals surface area (Å²) in [4.78, 5) is 8.94. The molecule has 0 amide bonds. The van der Waals surface area contributed by atoms with E-state index in [1.165, 1.54) is 32.1 Å². The minimum Gasteiger partial charge on any atom is -0.316 e. The molecule has 1 heterocycles. The van der Waals surface area contributed by atoms with Gasteiger partial charge in [-0.05, 0) is 19.9 Å². The fraction of sp³-hybridized carbons (Fsp3) is 0.667. The molecule has 1 aromatic heterocycles. The van der Waals surface area contributed by atoms with Crippen LogP contribution in [0.15, 0.2) is 12.4 Å². The Kier molecular flexibility index (Phi) is 3.67. The normalized spacial score (nSPS) is 17.9. The van der Waals surface area contributed by atoms with E-state index >= 15 is 0 Å². The number of nitrogens with zero attached hydrogens (tertiary/aromatic N) is 2. The van der Waals surface area contributed by atoms with Gasteiger partial charge in [-0.1, -0.05) is 19.3 Å². The zero-order valence-electron chi connectivity index (χ0n) is 9.37. The van der Waals surface area contributed by atoms with Crippen molar-refractivity contribution in [1.82, 2.24) is 15.3 Å². The van der Waals surface area contributed by atoms with Crippen LogP contribution >= 0.6 is 0 Å². The largest absolute Gasteiger partial charge is 0.316 e. The molecule has 0 aromatic carbocycles. The average molecular weight is 205 g/mol. The predicted molar refractivity (Wildman–Crippen MR) is 60.6 cm³/mol. The number of aromatic nitrogens is 2. The van der Waals surface area contributed by atoms with E-state index < -0.39 is 0 Å². The van der Waals surface area contributed by atoms with Crippen molar-refractivity contribution in [1.29, 1.82) is 0 Å². The van der Waals surface area contributed by atoms with Crippen molar-refractivity contribution < 1.29 is 0 Å². The molecule has 2 rings (SSSR count). The van der Waals surface area contributed by atoms with Crippen molar-refractivity contribution in [2.75, 3.05) is 7.05 Å². The molecule has 0 saturated heterocycles. The van der Waals surface area contributed by atoms with Crippen LogP contribution in [0.3, 0.4) is 0 Å². The Balaban J connectivity index is 2.02. The molecule has 0 atom stereocenters. The van der Waals surface area contributed by atoms with Crippen LogP contribution in [0.2, 0.25) is 0 Å². The molecule has 0 bridgehead atoms. The van der Waals surface area contributed by atoms with E-state index in [0.29, 0.717) is 5.92 Å². The summed E-state index contributed by atoms with van der Waals surface area (Å²) in [6.45, 7) is 0.852. The van der Waals surface area contributed by atoms with Crippen molar-refractivity contribution in [2.24, 2.45) is 0 Å². The lowest BCUT2D eigenvalue weighted by Crippen LogP contribution is -2.10. The fourth-order valence-electron chi connectivity index (χ4n) is 2.23. The van der Waals surface area contributed by atoms with E-state index in [4.69, 9.17) is 0 Å². The van der Waals surface area contributed by atoms with Gasteiger partial charge >= 0.3 is 0 Å². The molecule has 3 nitrogen and oxygen atoms in total. The van der Waals surface area contributed by atoms with Crippen LogP contribution in [-0.2, 0) is 6.54 Å². The van der Waals surface area contributed by atoms with Gasteiger partial charge in [0.05, 0.1) is 0 Å². The van der Waals surface area contributed by atoms with E-state index in [9.17, 15) is 0 Å². The smallest absolute Gasteiger partial charge is 0.131 e. The third-order valence-corrected chi connectivity index (χ3v) is 3.08. The fourth-order valence-corrected chi connectivity index (χ4v) is 2.23. The minimum atomic E-state index is 0.613. The lowest BCUT2D eigenvalue weighted by molar-refractivity contribution is 0.428. The van der Waals surface area contributed by atoms with Gasteiger partial charge in [-0.15, -0.1) is 0 Å². The summed E-state index contributed by atoms with van der Waals surface area (Å²) >= 11 is 0. The molecule has 1 fully saturated rings. The van der Waals surface area contributed by atoms with E-state index in [1.807, 2.05) is 19.4 Å². The number of hydrogen-bond acceptors (Lipinski definition) is 3. The molecule has 0 radical (unpaired) electrons. The molecule has 1 aliphatic carbocycles. The zero-order chi connectivity index (χ0) is 10.5. The zero-order valence-corrected chi connectivity index (χ0v) is 9.37. The van der Waals surface area contributed by atoms with Gasteiger partial charge in [0.15, 0.2) is 0 Å². The van der Waals surface area contributed by atoms with E-state index in [2.05, 4.69) is 15.3 Å². The maximum Gasteiger partial charge on any atom is 0.131 e. The predicted octanol–water partition coefficient (Wildman–Crippen LogP) is 2.24. The van der Waals surface area contributed by atoms with Crippen molar-refractivity contribution in [3.8, 4) is 0 Å². The molecule has 15 heavy (non-hydrogen) atoms. The summed E-state index contributed by atoms with van der Waals surface area (Å²) in [7, 11) is 1.94. The Hall–Kier alpha value is -0.960. The molecule has 1 aromatic rings. The van der Waals surface area contributed by atoms with Crippen molar-refractivity contribution in [2.45, 2.75) is 44.6 Å². The summed E-state index contributed by atoms with van der Waals surface area (Å²) in [5.41, 5.74) is 1.16. The van der Waals surface area contributed by atoms with Crippen LogP contribution < -0.4 is 5.32 Å². The Bertz CT molecular complexity index is 288. The topological polar surface area (TPSA) is 37.8 Å². The first-order valence-corrected chi connectivity index (χ1v) is 5.85. The van der Waals surface area contributed by atoms with Crippen LogP contribution in [0.1, 0.15) is 49.4 Å². The van der Waals surface area contributed by atoms with Gasteiger partial charge in [0, 0.05) is 30.4 Å². The van der Waals surface area contributed by atoms with Crippen molar-refractivity contribution in [3.05, 3.63) is 23.8 Å². The van der Waals surface area contributed by atoms with Crippen LogP contribution in [0, 0.1) is 0 Å². The van der Waals surface area contributed by atoms with Gasteiger partial charge in [-0.2, -0.15) is 0 Å². The molecule has 1 aliphatic rings. The van der Waals surface area contributed by atoms with Crippen molar-refractivity contribution in [3.63, 3.8) is 0 Å². The standard InChI is InChI=1S/C12H19N3/c1-13-7-10-8-14-12(15-9-10)11-5-3-2-4-6-11/h8-9,11,13H,2-7H2,1H3. The second kappa shape index (κ2) is 5.21. The van der Waals surface area contributed by atoms with Crippen LogP contribution in [-0.4, -0.2) is 17.0 Å². The molecule has 3 heteroatoms. The van der Waals surface area contributed by atoms with Crippen LogP contribution in [0.25, 0.3) is 0 Å². The lowest BCUT2D eigenvalue weighted by Gasteiger charge is -2.19. The molecular formula is C12H19N3. The van der Waals surface area contributed by atoms with Crippen molar-refractivity contribution >= 4 is 0 Å². The SMILES string of the molecule is CNCc1cnc(C2CCCCC2)nc1. The van der Waals surface area contributed by atoms with Crippen LogP contribution in [0.4, 0.5) is 0 Å². The van der Waals surface area contributed by atoms with Gasteiger partial charge in [-0.25, -0.2) is 9.97 Å². The Morgan fingerprint density at radius 3 is 2.47 bits per heavy atom. The Morgan fingerprint density at radius 1 is 1.20 bits per heavy atom.